The first-order valence-electron chi connectivity index (χ1n) is 6.14. The number of nitrogens with one attached hydrogen (secondary N) is 2. The molecule has 1 aromatic heterocycles. The number of amides is 2. The van der Waals surface area contributed by atoms with Gasteiger partial charge < -0.3 is 4.74 Å². The molecule has 1 aromatic carbocycles. The number of aromatic nitrogens is 2. The first kappa shape index (κ1) is 12.5. The van der Waals surface area contributed by atoms with Crippen LogP contribution in [0.25, 0.3) is 11.0 Å². The minimum Gasteiger partial charge on any atom is -0.381 e. The second-order valence-corrected chi connectivity index (χ2v) is 4.47. The third-order valence-corrected chi connectivity index (χ3v) is 3.12. The molecule has 8 heteroatoms. The molecule has 1 aliphatic rings. The van der Waals surface area contributed by atoms with E-state index < -0.39 is 5.91 Å². The van der Waals surface area contributed by atoms with E-state index in [2.05, 4.69) is 25.8 Å². The van der Waals surface area contributed by atoms with Crippen LogP contribution in [-0.4, -0.2) is 35.3 Å². The molecule has 104 valence electrons. The quantitative estimate of drug-likeness (QED) is 0.749. The highest BCUT2D eigenvalue weighted by Gasteiger charge is 2.23. The van der Waals surface area contributed by atoms with Crippen LogP contribution in [0.2, 0.25) is 0 Å². The minimum absolute atomic E-state index is 0.211. The predicted molar refractivity (Wildman–Crippen MR) is 66.3 cm³/mol. The van der Waals surface area contributed by atoms with Crippen LogP contribution >= 0.6 is 0 Å². The SMILES string of the molecule is O=C(NNC(=O)C1CCOC1)c1ccc2nonc2c1. The van der Waals surface area contributed by atoms with E-state index in [1.54, 1.807) is 12.1 Å². The lowest BCUT2D eigenvalue weighted by Gasteiger charge is -2.10. The number of nitrogens with zero attached hydrogens (tertiary/aromatic N) is 2. The van der Waals surface area contributed by atoms with Crippen LogP contribution in [0, 0.1) is 5.92 Å². The Morgan fingerprint density at radius 3 is 2.85 bits per heavy atom. The smallest absolute Gasteiger partial charge is 0.269 e. The first-order valence-corrected chi connectivity index (χ1v) is 6.14. The van der Waals surface area contributed by atoms with Crippen molar-refractivity contribution in [2.75, 3.05) is 13.2 Å². The van der Waals surface area contributed by atoms with Crippen molar-refractivity contribution in [3.63, 3.8) is 0 Å². The van der Waals surface area contributed by atoms with E-state index in [-0.39, 0.29) is 11.8 Å². The third kappa shape index (κ3) is 2.45. The maximum absolute atomic E-state index is 11.9. The number of rotatable bonds is 2. The number of carbonyl (C=O) groups excluding carboxylic acids is 2. The molecule has 2 heterocycles. The van der Waals surface area contributed by atoms with Crippen LogP contribution in [0.4, 0.5) is 0 Å². The average molecular weight is 276 g/mol. The zero-order valence-corrected chi connectivity index (χ0v) is 10.5. The minimum atomic E-state index is -0.429. The van der Waals surface area contributed by atoms with Crippen LogP contribution in [0.3, 0.4) is 0 Å². The second kappa shape index (κ2) is 5.25. The third-order valence-electron chi connectivity index (χ3n) is 3.12. The number of benzene rings is 1. The molecule has 2 N–H and O–H groups in total. The molecule has 0 spiro atoms. The van der Waals surface area contributed by atoms with Crippen LogP contribution < -0.4 is 10.9 Å². The molecule has 8 nitrogen and oxygen atoms in total. The van der Waals surface area contributed by atoms with E-state index in [1.165, 1.54) is 6.07 Å². The van der Waals surface area contributed by atoms with Gasteiger partial charge >= 0.3 is 0 Å². The van der Waals surface area contributed by atoms with Gasteiger partial charge in [-0.2, -0.15) is 0 Å². The Kier molecular flexibility index (Phi) is 3.30. The highest BCUT2D eigenvalue weighted by atomic mass is 16.6. The number of hydrogen-bond acceptors (Lipinski definition) is 6. The van der Waals surface area contributed by atoms with Crippen LogP contribution in [0.5, 0.6) is 0 Å². The summed E-state index contributed by atoms with van der Waals surface area (Å²) < 4.78 is 9.66. The van der Waals surface area contributed by atoms with Gasteiger partial charge in [0.15, 0.2) is 0 Å². The van der Waals surface area contributed by atoms with Crippen molar-refractivity contribution in [3.05, 3.63) is 23.8 Å². The molecule has 0 aliphatic carbocycles. The Hall–Kier alpha value is -2.48. The van der Waals surface area contributed by atoms with E-state index in [0.717, 1.165) is 0 Å². The summed E-state index contributed by atoms with van der Waals surface area (Å²) in [5.74, 6) is -0.889. The molecule has 1 atom stereocenters. The summed E-state index contributed by atoms with van der Waals surface area (Å²) in [4.78, 5) is 23.6. The summed E-state index contributed by atoms with van der Waals surface area (Å²) in [5, 5.41) is 7.29. The van der Waals surface area contributed by atoms with Crippen LogP contribution in [0.15, 0.2) is 22.8 Å². The topological polar surface area (TPSA) is 106 Å². The highest BCUT2D eigenvalue weighted by molar-refractivity contribution is 5.98. The van der Waals surface area contributed by atoms with Gasteiger partial charge in [0.1, 0.15) is 11.0 Å². The van der Waals surface area contributed by atoms with Gasteiger partial charge in [-0.15, -0.1) is 0 Å². The van der Waals surface area contributed by atoms with Crippen molar-refractivity contribution in [2.45, 2.75) is 6.42 Å². The molecule has 1 unspecified atom stereocenters. The Bertz CT molecular complexity index is 648. The van der Waals surface area contributed by atoms with Crippen molar-refractivity contribution in [1.82, 2.24) is 21.2 Å². The normalized spacial score (nSPS) is 18.1. The lowest BCUT2D eigenvalue weighted by molar-refractivity contribution is -0.125. The number of hydrazine groups is 1. The van der Waals surface area contributed by atoms with Gasteiger partial charge in [0, 0.05) is 12.2 Å². The number of fused-ring (bicyclic) bond motifs is 1. The summed E-state index contributed by atoms with van der Waals surface area (Å²) in [7, 11) is 0. The van der Waals surface area contributed by atoms with Crippen LogP contribution in [-0.2, 0) is 9.53 Å². The zero-order valence-electron chi connectivity index (χ0n) is 10.5. The number of hydrogen-bond donors (Lipinski definition) is 2. The van der Waals surface area contributed by atoms with Crippen molar-refractivity contribution in [2.24, 2.45) is 5.92 Å². The lowest BCUT2D eigenvalue weighted by Crippen LogP contribution is -2.44. The van der Waals surface area contributed by atoms with E-state index in [4.69, 9.17) is 4.74 Å². The molecule has 0 radical (unpaired) electrons. The standard InChI is InChI=1S/C12H12N4O4/c17-11(13-14-12(18)8-3-4-19-6-8)7-1-2-9-10(5-7)16-20-15-9/h1-2,5,8H,3-4,6H2,(H,13,17)(H,14,18). The summed E-state index contributed by atoms with van der Waals surface area (Å²) in [6, 6.07) is 4.73. The number of ether oxygens (including phenoxy) is 1. The maximum atomic E-state index is 11.9. The Labute approximate surface area is 113 Å². The van der Waals surface area contributed by atoms with Gasteiger partial charge in [0.2, 0.25) is 5.91 Å². The summed E-state index contributed by atoms with van der Waals surface area (Å²) >= 11 is 0. The van der Waals surface area contributed by atoms with Gasteiger partial charge in [-0.25, -0.2) is 4.63 Å². The van der Waals surface area contributed by atoms with E-state index >= 15 is 0 Å². The molecule has 0 bridgehead atoms. The van der Waals surface area contributed by atoms with E-state index in [1.807, 2.05) is 0 Å². The molecule has 1 fully saturated rings. The molecule has 20 heavy (non-hydrogen) atoms. The van der Waals surface area contributed by atoms with Gasteiger partial charge in [-0.1, -0.05) is 0 Å². The summed E-state index contributed by atoms with van der Waals surface area (Å²) in [6.07, 6.45) is 0.665. The van der Waals surface area contributed by atoms with Crippen molar-refractivity contribution < 1.29 is 19.0 Å². The predicted octanol–water partition coefficient (Wildman–Crippen LogP) is 0.0203. The fraction of sp³-hybridized carbons (Fsp3) is 0.333. The number of carbonyl (C=O) groups is 2. The highest BCUT2D eigenvalue weighted by Crippen LogP contribution is 2.12. The summed E-state index contributed by atoms with van der Waals surface area (Å²) in [6.45, 7) is 0.958. The Morgan fingerprint density at radius 1 is 1.20 bits per heavy atom. The molecular formula is C12H12N4O4. The molecule has 1 saturated heterocycles. The lowest BCUT2D eigenvalue weighted by atomic mass is 10.1. The van der Waals surface area contributed by atoms with Gasteiger partial charge in [-0.05, 0) is 34.9 Å². The molecule has 2 aromatic rings. The Balaban J connectivity index is 1.62. The van der Waals surface area contributed by atoms with Gasteiger partial charge in [0.25, 0.3) is 5.91 Å². The van der Waals surface area contributed by atoms with E-state index in [0.29, 0.717) is 36.2 Å². The average Bonchev–Trinajstić information content (AvgIpc) is 3.13. The molecular weight excluding hydrogens is 264 g/mol. The zero-order chi connectivity index (χ0) is 13.9. The second-order valence-electron chi connectivity index (χ2n) is 4.47. The van der Waals surface area contributed by atoms with Gasteiger partial charge in [0.05, 0.1) is 12.5 Å². The fourth-order valence-electron chi connectivity index (χ4n) is 1.96. The molecule has 1 aliphatic heterocycles. The van der Waals surface area contributed by atoms with Crippen LogP contribution in [0.1, 0.15) is 16.8 Å². The van der Waals surface area contributed by atoms with E-state index in [9.17, 15) is 9.59 Å². The Morgan fingerprint density at radius 2 is 2.05 bits per heavy atom. The van der Waals surface area contributed by atoms with Crippen molar-refractivity contribution >= 4 is 22.8 Å². The molecule has 2 amide bonds. The molecule has 0 saturated carbocycles. The fourth-order valence-corrected chi connectivity index (χ4v) is 1.96. The van der Waals surface area contributed by atoms with Crippen molar-refractivity contribution in [3.8, 4) is 0 Å². The van der Waals surface area contributed by atoms with Crippen molar-refractivity contribution in [1.29, 1.82) is 0 Å². The maximum Gasteiger partial charge on any atom is 0.269 e. The largest absolute Gasteiger partial charge is 0.381 e. The monoisotopic (exact) mass is 276 g/mol. The first-order chi connectivity index (χ1) is 9.74. The summed E-state index contributed by atoms with van der Waals surface area (Å²) in [5.41, 5.74) is 6.15. The van der Waals surface area contributed by atoms with Gasteiger partial charge in [-0.3, -0.25) is 20.4 Å². The molecule has 3 rings (SSSR count).